The molecule has 0 atom stereocenters. The Hall–Kier alpha value is -1.93. The zero-order valence-electron chi connectivity index (χ0n) is 11.8. The van der Waals surface area contributed by atoms with Gasteiger partial charge in [-0.25, -0.2) is 4.79 Å². The van der Waals surface area contributed by atoms with Crippen LogP contribution in [0.1, 0.15) is 24.2 Å². The Balaban J connectivity index is 2.74. The largest absolute Gasteiger partial charge is 0.351 e. The van der Waals surface area contributed by atoms with Crippen molar-refractivity contribution in [3.05, 3.63) is 32.6 Å². The van der Waals surface area contributed by atoms with Crippen molar-refractivity contribution in [1.82, 2.24) is 14.9 Å². The first-order valence-electron chi connectivity index (χ1n) is 6.31. The molecule has 1 aromatic rings. The van der Waals surface area contributed by atoms with Crippen molar-refractivity contribution in [2.45, 2.75) is 20.1 Å². The third-order valence-corrected chi connectivity index (χ3v) is 2.56. The molecule has 0 unspecified atom stereocenters. The van der Waals surface area contributed by atoms with Crippen molar-refractivity contribution in [1.29, 1.82) is 0 Å². The number of carbonyl (C=O) groups excluding carboxylic acids is 1. The minimum Gasteiger partial charge on any atom is -0.351 e. The Bertz CT molecular complexity index is 557. The molecular formula is C12H19N3O5. The summed E-state index contributed by atoms with van der Waals surface area (Å²) in [6.45, 7) is 4.63. The zero-order chi connectivity index (χ0) is 15.1. The Morgan fingerprint density at radius 3 is 2.50 bits per heavy atom. The minimum absolute atomic E-state index is 0.114. The molecule has 1 rings (SSSR count). The summed E-state index contributed by atoms with van der Waals surface area (Å²) in [7, 11) is 1.29. The number of hydrogen-bond donors (Lipinski definition) is 2. The van der Waals surface area contributed by atoms with Crippen LogP contribution in [0.3, 0.4) is 0 Å². The molecule has 0 spiro atoms. The van der Waals surface area contributed by atoms with Crippen molar-refractivity contribution in [2.75, 3.05) is 19.8 Å². The van der Waals surface area contributed by atoms with Crippen LogP contribution < -0.4 is 16.6 Å². The van der Waals surface area contributed by atoms with Crippen LogP contribution in [0.2, 0.25) is 0 Å². The molecule has 1 aromatic heterocycles. The number of aromatic amines is 1. The predicted octanol–water partition coefficient (Wildman–Crippen LogP) is -0.797. The highest BCUT2D eigenvalue weighted by atomic mass is 16.7. The first kappa shape index (κ1) is 16.1. The van der Waals surface area contributed by atoms with E-state index in [1.807, 2.05) is 13.8 Å². The molecule has 0 bridgehead atoms. The molecule has 0 fully saturated rings. The maximum Gasteiger partial charge on any atom is 0.328 e. The van der Waals surface area contributed by atoms with Gasteiger partial charge in [-0.2, -0.15) is 0 Å². The molecule has 0 aromatic carbocycles. The SMILES string of the molecule is CCOC(CNC(=O)c1c[nH]c(=O)n(C)c1=O)OCC. The molecule has 8 heteroatoms. The molecular weight excluding hydrogens is 266 g/mol. The van der Waals surface area contributed by atoms with Crippen molar-refractivity contribution >= 4 is 5.91 Å². The van der Waals surface area contributed by atoms with Gasteiger partial charge < -0.3 is 19.8 Å². The second kappa shape index (κ2) is 7.61. The summed E-state index contributed by atoms with van der Waals surface area (Å²) in [5, 5.41) is 2.53. The number of amides is 1. The molecule has 2 N–H and O–H groups in total. The van der Waals surface area contributed by atoms with Gasteiger partial charge in [-0.3, -0.25) is 14.2 Å². The minimum atomic E-state index is -0.657. The van der Waals surface area contributed by atoms with E-state index in [1.165, 1.54) is 7.05 Å². The van der Waals surface area contributed by atoms with Gasteiger partial charge in [-0.15, -0.1) is 0 Å². The van der Waals surface area contributed by atoms with Gasteiger partial charge in [0.1, 0.15) is 5.56 Å². The molecule has 0 aliphatic rings. The number of hydrogen-bond acceptors (Lipinski definition) is 5. The fraction of sp³-hybridized carbons (Fsp3) is 0.583. The molecule has 0 aliphatic carbocycles. The lowest BCUT2D eigenvalue weighted by atomic mass is 10.3. The summed E-state index contributed by atoms with van der Waals surface area (Å²) in [5.74, 6) is -0.591. The van der Waals surface area contributed by atoms with Crippen molar-refractivity contribution < 1.29 is 14.3 Å². The standard InChI is InChI=1S/C12H19N3O5/c1-4-19-9(20-5-2)7-13-10(16)8-6-14-12(18)15(3)11(8)17/h6,9H,4-5,7H2,1-3H3,(H,13,16)(H,14,18). The number of nitrogens with one attached hydrogen (secondary N) is 2. The average Bonchev–Trinajstić information content (AvgIpc) is 2.42. The van der Waals surface area contributed by atoms with Crippen molar-refractivity contribution in [3.63, 3.8) is 0 Å². The summed E-state index contributed by atoms with van der Waals surface area (Å²) in [4.78, 5) is 37.1. The lowest BCUT2D eigenvalue weighted by Gasteiger charge is -2.17. The van der Waals surface area contributed by atoms with Crippen molar-refractivity contribution in [2.24, 2.45) is 7.05 Å². The summed E-state index contributed by atoms with van der Waals surface area (Å²) in [5.41, 5.74) is -1.37. The number of H-pyrrole nitrogens is 1. The van der Waals surface area contributed by atoms with E-state index in [2.05, 4.69) is 10.3 Å². The van der Waals surface area contributed by atoms with Gasteiger partial charge in [0.05, 0.1) is 6.54 Å². The highest BCUT2D eigenvalue weighted by Gasteiger charge is 2.15. The fourth-order valence-corrected chi connectivity index (χ4v) is 1.54. The number of nitrogens with zero attached hydrogens (tertiary/aromatic N) is 1. The van der Waals surface area contributed by atoms with E-state index >= 15 is 0 Å². The third kappa shape index (κ3) is 4.04. The van der Waals surface area contributed by atoms with Gasteiger partial charge in [0, 0.05) is 26.5 Å². The van der Waals surface area contributed by atoms with Crippen LogP contribution in [0.25, 0.3) is 0 Å². The van der Waals surface area contributed by atoms with Crippen molar-refractivity contribution in [3.8, 4) is 0 Å². The normalized spacial score (nSPS) is 10.8. The molecule has 1 heterocycles. The highest BCUT2D eigenvalue weighted by molar-refractivity contribution is 5.93. The number of carbonyl (C=O) groups is 1. The predicted molar refractivity (Wildman–Crippen MR) is 71.7 cm³/mol. The molecule has 0 radical (unpaired) electrons. The maximum absolute atomic E-state index is 11.9. The van der Waals surface area contributed by atoms with E-state index in [-0.39, 0.29) is 12.1 Å². The van der Waals surface area contributed by atoms with E-state index < -0.39 is 23.4 Å². The van der Waals surface area contributed by atoms with E-state index in [0.29, 0.717) is 13.2 Å². The van der Waals surface area contributed by atoms with Crippen LogP contribution in [0.5, 0.6) is 0 Å². The molecule has 0 saturated carbocycles. The smallest absolute Gasteiger partial charge is 0.328 e. The van der Waals surface area contributed by atoms with Gasteiger partial charge in [0.2, 0.25) is 0 Å². The van der Waals surface area contributed by atoms with E-state index in [1.54, 1.807) is 0 Å². The van der Waals surface area contributed by atoms with Crippen LogP contribution in [-0.2, 0) is 16.5 Å². The van der Waals surface area contributed by atoms with Gasteiger partial charge in [-0.05, 0) is 13.8 Å². The second-order valence-corrected chi connectivity index (χ2v) is 3.92. The average molecular weight is 285 g/mol. The quantitative estimate of drug-likeness (QED) is 0.639. The Labute approximate surface area is 115 Å². The topological polar surface area (TPSA) is 102 Å². The highest BCUT2D eigenvalue weighted by Crippen LogP contribution is 1.94. The van der Waals surface area contributed by atoms with E-state index in [0.717, 1.165) is 10.8 Å². The lowest BCUT2D eigenvalue weighted by Crippen LogP contribution is -2.41. The van der Waals surface area contributed by atoms with E-state index in [9.17, 15) is 14.4 Å². The number of aromatic nitrogens is 2. The Kier molecular flexibility index (Phi) is 6.13. The summed E-state index contributed by atoms with van der Waals surface area (Å²) in [6.07, 6.45) is 0.525. The molecule has 20 heavy (non-hydrogen) atoms. The molecule has 112 valence electrons. The number of ether oxygens (including phenoxy) is 2. The summed E-state index contributed by atoms with van der Waals surface area (Å²) < 4.78 is 11.4. The van der Waals surface area contributed by atoms with Gasteiger partial charge >= 0.3 is 5.69 Å². The van der Waals surface area contributed by atoms with Gasteiger partial charge in [0.15, 0.2) is 6.29 Å². The van der Waals surface area contributed by atoms with Gasteiger partial charge in [-0.1, -0.05) is 0 Å². The van der Waals surface area contributed by atoms with Crippen LogP contribution in [0.15, 0.2) is 15.8 Å². The third-order valence-electron chi connectivity index (χ3n) is 2.56. The molecule has 1 amide bonds. The molecule has 8 nitrogen and oxygen atoms in total. The number of rotatable bonds is 7. The fourth-order valence-electron chi connectivity index (χ4n) is 1.54. The monoisotopic (exact) mass is 285 g/mol. The molecule has 0 aliphatic heterocycles. The summed E-state index contributed by atoms with van der Waals surface area (Å²) in [6, 6.07) is 0. The van der Waals surface area contributed by atoms with Crippen LogP contribution in [-0.4, -0.2) is 41.5 Å². The van der Waals surface area contributed by atoms with Crippen LogP contribution in [0.4, 0.5) is 0 Å². The van der Waals surface area contributed by atoms with Crippen LogP contribution >= 0.6 is 0 Å². The zero-order valence-corrected chi connectivity index (χ0v) is 11.8. The lowest BCUT2D eigenvalue weighted by molar-refractivity contribution is -0.131. The molecule has 0 saturated heterocycles. The second-order valence-electron chi connectivity index (χ2n) is 3.92. The first-order chi connectivity index (χ1) is 9.51. The first-order valence-corrected chi connectivity index (χ1v) is 6.31. The van der Waals surface area contributed by atoms with Crippen LogP contribution in [0, 0.1) is 0 Å². The van der Waals surface area contributed by atoms with Gasteiger partial charge in [0.25, 0.3) is 11.5 Å². The maximum atomic E-state index is 11.9. The summed E-state index contributed by atoms with van der Waals surface area (Å²) >= 11 is 0. The Morgan fingerprint density at radius 1 is 1.35 bits per heavy atom. The Morgan fingerprint density at radius 2 is 1.95 bits per heavy atom. The van der Waals surface area contributed by atoms with E-state index in [4.69, 9.17) is 9.47 Å².